The summed E-state index contributed by atoms with van der Waals surface area (Å²) in [6.07, 6.45) is 2.40. The molecule has 1 fully saturated rings. The Kier molecular flexibility index (Phi) is 4.66. The normalized spacial score (nSPS) is 19.9. The van der Waals surface area contributed by atoms with Crippen LogP contribution in [0.2, 0.25) is 5.02 Å². The maximum atomic E-state index is 5.94. The molecular weight excluding hydrogens is 244 g/mol. The summed E-state index contributed by atoms with van der Waals surface area (Å²) in [6.45, 7) is 8.95. The van der Waals surface area contributed by atoms with Crippen LogP contribution in [0.15, 0.2) is 24.3 Å². The summed E-state index contributed by atoms with van der Waals surface area (Å²) in [5, 5.41) is 4.36. The first kappa shape index (κ1) is 13.9. The molecule has 0 unspecified atom stereocenters. The van der Waals surface area contributed by atoms with Crippen LogP contribution >= 0.6 is 11.6 Å². The van der Waals surface area contributed by atoms with Gasteiger partial charge in [0.05, 0.1) is 0 Å². The van der Waals surface area contributed by atoms with Crippen molar-refractivity contribution in [3.63, 3.8) is 0 Å². The van der Waals surface area contributed by atoms with Crippen molar-refractivity contribution in [3.8, 4) is 0 Å². The van der Waals surface area contributed by atoms with Crippen molar-refractivity contribution in [1.29, 1.82) is 0 Å². The predicted molar refractivity (Wildman–Crippen MR) is 78.0 cm³/mol. The number of nitrogens with one attached hydrogen (secondary N) is 1. The molecule has 18 heavy (non-hydrogen) atoms. The second-order valence-electron chi connectivity index (χ2n) is 5.16. The van der Waals surface area contributed by atoms with Crippen LogP contribution in [-0.2, 0) is 6.54 Å². The lowest BCUT2D eigenvalue weighted by atomic mass is 9.88. The third kappa shape index (κ3) is 2.87. The average molecular weight is 267 g/mol. The summed E-state index contributed by atoms with van der Waals surface area (Å²) < 4.78 is 0. The highest BCUT2D eigenvalue weighted by atomic mass is 35.5. The number of rotatable bonds is 4. The second kappa shape index (κ2) is 6.05. The van der Waals surface area contributed by atoms with Gasteiger partial charge in [0.1, 0.15) is 0 Å². The van der Waals surface area contributed by atoms with Gasteiger partial charge in [0, 0.05) is 36.7 Å². The lowest BCUT2D eigenvalue weighted by molar-refractivity contribution is 0.0448. The topological polar surface area (TPSA) is 15.3 Å². The Morgan fingerprint density at radius 3 is 2.50 bits per heavy atom. The van der Waals surface area contributed by atoms with Crippen LogP contribution in [0.4, 0.5) is 0 Å². The minimum atomic E-state index is 0.317. The molecule has 3 heteroatoms. The first-order valence-electron chi connectivity index (χ1n) is 6.90. The lowest BCUT2D eigenvalue weighted by Gasteiger charge is -2.47. The summed E-state index contributed by atoms with van der Waals surface area (Å²) in [5.41, 5.74) is 1.67. The zero-order valence-corrected chi connectivity index (χ0v) is 12.1. The standard InChI is InChI=1S/C15H23ClN2/c1-3-15(4-2)12-17-9-10-18(15)11-13-5-7-14(16)8-6-13/h5-8,17H,3-4,9-12H2,1-2H3. The van der Waals surface area contributed by atoms with Crippen LogP contribution < -0.4 is 5.32 Å². The van der Waals surface area contributed by atoms with E-state index in [1.54, 1.807) is 0 Å². The fourth-order valence-corrected chi connectivity index (χ4v) is 3.01. The maximum absolute atomic E-state index is 5.94. The molecule has 2 nitrogen and oxygen atoms in total. The molecule has 0 saturated carbocycles. The van der Waals surface area contributed by atoms with Crippen molar-refractivity contribution in [1.82, 2.24) is 10.2 Å². The van der Waals surface area contributed by atoms with E-state index in [4.69, 9.17) is 11.6 Å². The SMILES string of the molecule is CCC1(CC)CNCCN1Cc1ccc(Cl)cc1. The van der Waals surface area contributed by atoms with Crippen molar-refractivity contribution < 1.29 is 0 Å². The zero-order chi connectivity index (χ0) is 13.0. The van der Waals surface area contributed by atoms with E-state index in [1.165, 1.54) is 18.4 Å². The molecule has 0 amide bonds. The molecule has 1 heterocycles. The molecular formula is C15H23ClN2. The third-order valence-corrected chi connectivity index (χ3v) is 4.54. The van der Waals surface area contributed by atoms with Gasteiger partial charge < -0.3 is 5.32 Å². The van der Waals surface area contributed by atoms with Crippen molar-refractivity contribution in [3.05, 3.63) is 34.9 Å². The molecule has 0 bridgehead atoms. The minimum absolute atomic E-state index is 0.317. The molecule has 0 aromatic heterocycles. The lowest BCUT2D eigenvalue weighted by Crippen LogP contribution is -2.60. The van der Waals surface area contributed by atoms with Crippen LogP contribution in [0.1, 0.15) is 32.3 Å². The summed E-state index contributed by atoms with van der Waals surface area (Å²) >= 11 is 5.94. The zero-order valence-electron chi connectivity index (χ0n) is 11.4. The summed E-state index contributed by atoms with van der Waals surface area (Å²) in [6, 6.07) is 8.25. The molecule has 1 aromatic rings. The Hall–Kier alpha value is -0.570. The highest BCUT2D eigenvalue weighted by Crippen LogP contribution is 2.27. The van der Waals surface area contributed by atoms with Gasteiger partial charge in [-0.05, 0) is 30.5 Å². The molecule has 0 radical (unpaired) electrons. The van der Waals surface area contributed by atoms with E-state index >= 15 is 0 Å². The highest BCUT2D eigenvalue weighted by molar-refractivity contribution is 6.30. The van der Waals surface area contributed by atoms with E-state index in [2.05, 4.69) is 36.2 Å². The largest absolute Gasteiger partial charge is 0.314 e. The van der Waals surface area contributed by atoms with E-state index in [0.717, 1.165) is 31.2 Å². The Bertz CT molecular complexity index is 371. The van der Waals surface area contributed by atoms with Crippen LogP contribution in [0.3, 0.4) is 0 Å². The molecule has 1 aliphatic rings. The number of piperazine rings is 1. The number of hydrogen-bond acceptors (Lipinski definition) is 2. The van der Waals surface area contributed by atoms with Gasteiger partial charge in [-0.3, -0.25) is 4.90 Å². The van der Waals surface area contributed by atoms with E-state index in [9.17, 15) is 0 Å². The molecule has 2 rings (SSSR count). The van der Waals surface area contributed by atoms with Crippen LogP contribution in [0.25, 0.3) is 0 Å². The van der Waals surface area contributed by atoms with Crippen molar-refractivity contribution in [2.75, 3.05) is 19.6 Å². The van der Waals surface area contributed by atoms with Crippen LogP contribution in [-0.4, -0.2) is 30.1 Å². The number of nitrogens with zero attached hydrogens (tertiary/aromatic N) is 1. The van der Waals surface area contributed by atoms with Gasteiger partial charge in [0.25, 0.3) is 0 Å². The van der Waals surface area contributed by atoms with Gasteiger partial charge in [-0.15, -0.1) is 0 Å². The van der Waals surface area contributed by atoms with Crippen LogP contribution in [0.5, 0.6) is 0 Å². The number of hydrogen-bond donors (Lipinski definition) is 1. The van der Waals surface area contributed by atoms with Gasteiger partial charge in [-0.2, -0.15) is 0 Å². The Labute approximate surface area is 115 Å². The number of benzene rings is 1. The van der Waals surface area contributed by atoms with E-state index < -0.39 is 0 Å². The van der Waals surface area contributed by atoms with Gasteiger partial charge in [-0.1, -0.05) is 37.6 Å². The summed E-state index contributed by atoms with van der Waals surface area (Å²) in [4.78, 5) is 2.63. The molecule has 1 saturated heterocycles. The number of halogens is 1. The predicted octanol–water partition coefficient (Wildman–Crippen LogP) is 3.30. The van der Waals surface area contributed by atoms with Crippen molar-refractivity contribution in [2.45, 2.75) is 38.8 Å². The first-order chi connectivity index (χ1) is 8.70. The first-order valence-corrected chi connectivity index (χ1v) is 7.28. The molecule has 0 spiro atoms. The fraction of sp³-hybridized carbons (Fsp3) is 0.600. The van der Waals surface area contributed by atoms with E-state index in [0.29, 0.717) is 5.54 Å². The monoisotopic (exact) mass is 266 g/mol. The third-order valence-electron chi connectivity index (χ3n) is 4.29. The molecule has 1 aromatic carbocycles. The van der Waals surface area contributed by atoms with Gasteiger partial charge >= 0.3 is 0 Å². The molecule has 1 N–H and O–H groups in total. The van der Waals surface area contributed by atoms with E-state index in [-0.39, 0.29) is 0 Å². The Balaban J connectivity index is 2.12. The summed E-state index contributed by atoms with van der Waals surface area (Å²) in [7, 11) is 0. The van der Waals surface area contributed by atoms with Gasteiger partial charge in [-0.25, -0.2) is 0 Å². The van der Waals surface area contributed by atoms with Crippen LogP contribution in [0, 0.1) is 0 Å². The Morgan fingerprint density at radius 2 is 1.89 bits per heavy atom. The highest BCUT2D eigenvalue weighted by Gasteiger charge is 2.35. The fourth-order valence-electron chi connectivity index (χ4n) is 2.89. The molecule has 0 atom stereocenters. The van der Waals surface area contributed by atoms with Crippen molar-refractivity contribution in [2.24, 2.45) is 0 Å². The molecule has 100 valence electrons. The van der Waals surface area contributed by atoms with Gasteiger partial charge in [0.2, 0.25) is 0 Å². The molecule has 1 aliphatic heterocycles. The second-order valence-corrected chi connectivity index (χ2v) is 5.59. The summed E-state index contributed by atoms with van der Waals surface area (Å²) in [5.74, 6) is 0. The molecule has 0 aliphatic carbocycles. The van der Waals surface area contributed by atoms with Crippen molar-refractivity contribution >= 4 is 11.6 Å². The quantitative estimate of drug-likeness (QED) is 0.900. The maximum Gasteiger partial charge on any atom is 0.0406 e. The minimum Gasteiger partial charge on any atom is -0.314 e. The average Bonchev–Trinajstić information content (AvgIpc) is 2.42. The van der Waals surface area contributed by atoms with E-state index in [1.807, 2.05) is 12.1 Å². The Morgan fingerprint density at radius 1 is 1.22 bits per heavy atom. The smallest absolute Gasteiger partial charge is 0.0406 e. The van der Waals surface area contributed by atoms with Gasteiger partial charge in [0.15, 0.2) is 0 Å².